The van der Waals surface area contributed by atoms with E-state index in [1.807, 2.05) is 24.3 Å². The Hall–Kier alpha value is -2.60. The summed E-state index contributed by atoms with van der Waals surface area (Å²) in [5.41, 5.74) is 1.64. The summed E-state index contributed by atoms with van der Waals surface area (Å²) in [5, 5.41) is 4.01. The van der Waals surface area contributed by atoms with Crippen molar-refractivity contribution < 1.29 is 8.91 Å². The number of aromatic nitrogens is 3. The van der Waals surface area contributed by atoms with Gasteiger partial charge in [0.1, 0.15) is 11.5 Å². The van der Waals surface area contributed by atoms with E-state index in [2.05, 4.69) is 20.0 Å². The second kappa shape index (κ2) is 6.49. The molecule has 0 aliphatic heterocycles. The zero-order valence-electron chi connectivity index (χ0n) is 13.1. The van der Waals surface area contributed by atoms with Gasteiger partial charge in [-0.3, -0.25) is 9.88 Å². The number of nitrogens with zero attached hydrogens (tertiary/aromatic N) is 4. The van der Waals surface area contributed by atoms with Crippen LogP contribution in [-0.2, 0) is 13.1 Å². The standard InChI is InChI=1S/C18H17FN4O/c19-14-5-3-4-13(10-14)11-23(15-7-8-15)12-17-21-18(22-24-17)16-6-1-2-9-20-16/h1-6,9-10,15H,7-8,11-12H2. The van der Waals surface area contributed by atoms with E-state index >= 15 is 0 Å². The Morgan fingerprint density at radius 3 is 2.79 bits per heavy atom. The minimum Gasteiger partial charge on any atom is -0.337 e. The Labute approximate surface area is 139 Å². The number of rotatable bonds is 6. The highest BCUT2D eigenvalue weighted by atomic mass is 19.1. The van der Waals surface area contributed by atoms with Crippen molar-refractivity contribution in [2.75, 3.05) is 0 Å². The molecule has 6 heteroatoms. The lowest BCUT2D eigenvalue weighted by Crippen LogP contribution is -2.25. The summed E-state index contributed by atoms with van der Waals surface area (Å²) < 4.78 is 18.8. The van der Waals surface area contributed by atoms with E-state index in [0.717, 1.165) is 18.4 Å². The van der Waals surface area contributed by atoms with E-state index in [1.54, 1.807) is 18.3 Å². The summed E-state index contributed by atoms with van der Waals surface area (Å²) in [6.07, 6.45) is 4.00. The first kappa shape index (κ1) is 15.0. The van der Waals surface area contributed by atoms with Crippen LogP contribution in [-0.4, -0.2) is 26.1 Å². The molecule has 2 heterocycles. The molecule has 5 nitrogen and oxygen atoms in total. The summed E-state index contributed by atoms with van der Waals surface area (Å²) in [5.74, 6) is 0.838. The van der Waals surface area contributed by atoms with E-state index in [0.29, 0.717) is 36.5 Å². The van der Waals surface area contributed by atoms with Gasteiger partial charge in [0, 0.05) is 18.8 Å². The van der Waals surface area contributed by atoms with Gasteiger partial charge in [0.05, 0.1) is 6.54 Å². The van der Waals surface area contributed by atoms with E-state index in [-0.39, 0.29) is 5.82 Å². The molecule has 1 aromatic carbocycles. The Morgan fingerprint density at radius 2 is 2.04 bits per heavy atom. The van der Waals surface area contributed by atoms with Gasteiger partial charge in [0.25, 0.3) is 0 Å². The zero-order valence-corrected chi connectivity index (χ0v) is 13.1. The second-order valence-electron chi connectivity index (χ2n) is 5.99. The third-order valence-electron chi connectivity index (χ3n) is 4.04. The van der Waals surface area contributed by atoms with Gasteiger partial charge in [-0.25, -0.2) is 4.39 Å². The molecule has 0 radical (unpaired) electrons. The number of halogens is 1. The van der Waals surface area contributed by atoms with Crippen LogP contribution in [0.2, 0.25) is 0 Å². The molecule has 0 spiro atoms. The SMILES string of the molecule is Fc1cccc(CN(Cc2nc(-c3ccccn3)no2)C2CC2)c1. The minimum atomic E-state index is -0.210. The predicted molar refractivity (Wildman–Crippen MR) is 86.2 cm³/mol. The average molecular weight is 324 g/mol. The maximum absolute atomic E-state index is 13.4. The van der Waals surface area contributed by atoms with Crippen LogP contribution in [0.5, 0.6) is 0 Å². The molecule has 3 aromatic rings. The van der Waals surface area contributed by atoms with Crippen molar-refractivity contribution in [1.29, 1.82) is 0 Å². The molecule has 122 valence electrons. The Bertz CT molecular complexity index is 817. The Balaban J connectivity index is 1.49. The van der Waals surface area contributed by atoms with Crippen LogP contribution in [0.25, 0.3) is 11.5 Å². The summed E-state index contributed by atoms with van der Waals surface area (Å²) in [4.78, 5) is 10.9. The monoisotopic (exact) mass is 324 g/mol. The number of pyridine rings is 1. The third kappa shape index (κ3) is 3.49. The van der Waals surface area contributed by atoms with Crippen LogP contribution in [0, 0.1) is 5.82 Å². The van der Waals surface area contributed by atoms with Crippen LogP contribution in [0.3, 0.4) is 0 Å². The average Bonchev–Trinajstić information content (AvgIpc) is 3.35. The molecule has 4 rings (SSSR count). The van der Waals surface area contributed by atoms with Crippen LogP contribution < -0.4 is 0 Å². The van der Waals surface area contributed by atoms with Gasteiger partial charge in [-0.15, -0.1) is 0 Å². The molecule has 0 saturated heterocycles. The maximum atomic E-state index is 13.4. The molecule has 1 fully saturated rings. The van der Waals surface area contributed by atoms with Gasteiger partial charge in [0.2, 0.25) is 11.7 Å². The summed E-state index contributed by atoms with van der Waals surface area (Å²) in [6, 6.07) is 12.8. The minimum absolute atomic E-state index is 0.210. The fourth-order valence-corrected chi connectivity index (χ4v) is 2.72. The molecule has 1 aliphatic carbocycles. The molecule has 2 aromatic heterocycles. The highest BCUT2D eigenvalue weighted by Crippen LogP contribution is 2.30. The summed E-state index contributed by atoms with van der Waals surface area (Å²) >= 11 is 0. The van der Waals surface area contributed by atoms with Crippen molar-refractivity contribution >= 4 is 0 Å². The molecular weight excluding hydrogens is 307 g/mol. The highest BCUT2D eigenvalue weighted by Gasteiger charge is 2.30. The molecule has 0 amide bonds. The van der Waals surface area contributed by atoms with Gasteiger partial charge >= 0.3 is 0 Å². The van der Waals surface area contributed by atoms with Gasteiger partial charge in [-0.2, -0.15) is 4.98 Å². The molecule has 24 heavy (non-hydrogen) atoms. The first-order valence-corrected chi connectivity index (χ1v) is 8.00. The van der Waals surface area contributed by atoms with Crippen molar-refractivity contribution in [1.82, 2.24) is 20.0 Å². The Kier molecular flexibility index (Phi) is 4.04. The van der Waals surface area contributed by atoms with Crippen LogP contribution in [0.4, 0.5) is 4.39 Å². The molecule has 1 saturated carbocycles. The number of hydrogen-bond acceptors (Lipinski definition) is 5. The first-order valence-electron chi connectivity index (χ1n) is 8.00. The molecule has 0 unspecified atom stereocenters. The normalized spacial score (nSPS) is 14.2. The molecular formula is C18H17FN4O. The lowest BCUT2D eigenvalue weighted by Gasteiger charge is -2.19. The Morgan fingerprint density at radius 1 is 1.12 bits per heavy atom. The van der Waals surface area contributed by atoms with E-state index < -0.39 is 0 Å². The fourth-order valence-electron chi connectivity index (χ4n) is 2.72. The van der Waals surface area contributed by atoms with Crippen molar-refractivity contribution in [2.45, 2.75) is 32.0 Å². The number of benzene rings is 1. The summed E-state index contributed by atoms with van der Waals surface area (Å²) in [6.45, 7) is 1.23. The first-order chi connectivity index (χ1) is 11.8. The molecule has 0 N–H and O–H groups in total. The van der Waals surface area contributed by atoms with Gasteiger partial charge in [-0.1, -0.05) is 23.4 Å². The third-order valence-corrected chi connectivity index (χ3v) is 4.04. The smallest absolute Gasteiger partial charge is 0.241 e. The summed E-state index contributed by atoms with van der Waals surface area (Å²) in [7, 11) is 0. The topological polar surface area (TPSA) is 55.1 Å². The molecule has 0 atom stereocenters. The van der Waals surface area contributed by atoms with Gasteiger partial charge in [0.15, 0.2) is 0 Å². The highest BCUT2D eigenvalue weighted by molar-refractivity contribution is 5.46. The number of hydrogen-bond donors (Lipinski definition) is 0. The van der Waals surface area contributed by atoms with Crippen LogP contribution in [0.1, 0.15) is 24.3 Å². The zero-order chi connectivity index (χ0) is 16.4. The largest absolute Gasteiger partial charge is 0.337 e. The van der Waals surface area contributed by atoms with Crippen LogP contribution >= 0.6 is 0 Å². The van der Waals surface area contributed by atoms with E-state index in [4.69, 9.17) is 4.52 Å². The van der Waals surface area contributed by atoms with Gasteiger partial charge < -0.3 is 4.52 Å². The van der Waals surface area contributed by atoms with Crippen molar-refractivity contribution in [3.8, 4) is 11.5 Å². The second-order valence-corrected chi connectivity index (χ2v) is 5.99. The molecule has 0 bridgehead atoms. The molecule has 1 aliphatic rings. The predicted octanol–water partition coefficient (Wildman–Crippen LogP) is 3.44. The van der Waals surface area contributed by atoms with E-state index in [9.17, 15) is 4.39 Å². The van der Waals surface area contributed by atoms with E-state index in [1.165, 1.54) is 6.07 Å². The van der Waals surface area contributed by atoms with Gasteiger partial charge in [-0.05, 0) is 42.7 Å². The lowest BCUT2D eigenvalue weighted by molar-refractivity contribution is 0.209. The van der Waals surface area contributed by atoms with Crippen LogP contribution in [0.15, 0.2) is 53.2 Å². The maximum Gasteiger partial charge on any atom is 0.241 e. The van der Waals surface area contributed by atoms with Crippen molar-refractivity contribution in [2.24, 2.45) is 0 Å². The fraction of sp³-hybridized carbons (Fsp3) is 0.278. The quantitative estimate of drug-likeness (QED) is 0.695. The van der Waals surface area contributed by atoms with Crippen molar-refractivity contribution in [3.63, 3.8) is 0 Å². The lowest BCUT2D eigenvalue weighted by atomic mass is 10.2. The van der Waals surface area contributed by atoms with Crippen molar-refractivity contribution in [3.05, 3.63) is 65.9 Å².